The summed E-state index contributed by atoms with van der Waals surface area (Å²) in [4.78, 5) is 24.2. The summed E-state index contributed by atoms with van der Waals surface area (Å²) < 4.78 is 30.5. The van der Waals surface area contributed by atoms with Gasteiger partial charge in [0.25, 0.3) is 5.56 Å². The van der Waals surface area contributed by atoms with E-state index in [0.29, 0.717) is 11.8 Å². The van der Waals surface area contributed by atoms with E-state index < -0.39 is 27.9 Å². The Balaban J connectivity index is 2.42. The van der Waals surface area contributed by atoms with Crippen molar-refractivity contribution >= 4 is 21.5 Å². The Labute approximate surface area is 172 Å². The van der Waals surface area contributed by atoms with Crippen molar-refractivity contribution in [3.63, 3.8) is 0 Å². The summed E-state index contributed by atoms with van der Waals surface area (Å²) in [6, 6.07) is 0.00984. The molecule has 0 unspecified atom stereocenters. The lowest BCUT2D eigenvalue weighted by atomic mass is 9.58. The second-order valence-corrected chi connectivity index (χ2v) is 10.7. The Morgan fingerprint density at radius 1 is 1.34 bits per heavy atom. The van der Waals surface area contributed by atoms with Crippen LogP contribution < -0.4 is 10.9 Å². The molecule has 1 aromatic heterocycles. The van der Waals surface area contributed by atoms with E-state index in [4.69, 9.17) is 4.74 Å². The molecule has 1 aromatic rings. The molecule has 0 aromatic carbocycles. The van der Waals surface area contributed by atoms with Gasteiger partial charge in [-0.3, -0.25) is 9.59 Å². The fourth-order valence-electron chi connectivity index (χ4n) is 4.14. The van der Waals surface area contributed by atoms with E-state index in [0.717, 1.165) is 17.4 Å². The summed E-state index contributed by atoms with van der Waals surface area (Å²) in [5.41, 5.74) is -0.470. The second kappa shape index (κ2) is 8.45. The van der Waals surface area contributed by atoms with Crippen LogP contribution in [0.25, 0.3) is 0 Å². The minimum absolute atomic E-state index is 0.00984. The molecule has 1 fully saturated rings. The van der Waals surface area contributed by atoms with Gasteiger partial charge in [-0.1, -0.05) is 34.6 Å². The van der Waals surface area contributed by atoms with Crippen LogP contribution in [-0.4, -0.2) is 43.1 Å². The number of carbonyl (C=O) groups excluding carboxylic acids is 1. The number of anilines is 1. The van der Waals surface area contributed by atoms with Crippen molar-refractivity contribution < 1.29 is 17.9 Å². The zero-order chi connectivity index (χ0) is 22.1. The third-order valence-electron chi connectivity index (χ3n) is 6.77. The predicted molar refractivity (Wildman–Crippen MR) is 112 cm³/mol. The minimum Gasteiger partial charge on any atom is -0.465 e. The Bertz CT molecular complexity index is 923. The van der Waals surface area contributed by atoms with Gasteiger partial charge in [-0.15, -0.1) is 0 Å². The van der Waals surface area contributed by atoms with Gasteiger partial charge in [-0.25, -0.2) is 13.1 Å². The minimum atomic E-state index is -3.84. The number of aromatic nitrogens is 2. The van der Waals surface area contributed by atoms with Gasteiger partial charge in [0.05, 0.1) is 18.5 Å². The third kappa shape index (κ3) is 4.82. The molecule has 0 bridgehead atoms. The molecule has 164 valence electrons. The van der Waals surface area contributed by atoms with Crippen LogP contribution in [0.15, 0.2) is 15.9 Å². The molecule has 1 aliphatic rings. The molecule has 9 heteroatoms. The summed E-state index contributed by atoms with van der Waals surface area (Å²) in [7, 11) is -3.84. The van der Waals surface area contributed by atoms with Crippen LogP contribution in [0.1, 0.15) is 48.0 Å². The fraction of sp³-hybridized carbons (Fsp3) is 0.750. The number of nitrogens with zero attached hydrogens (tertiary/aromatic N) is 2. The number of carbonyl (C=O) groups is 1. The summed E-state index contributed by atoms with van der Waals surface area (Å²) >= 11 is 0. The monoisotopic (exact) mass is 427 g/mol. The first-order valence-electron chi connectivity index (χ1n) is 10.0. The molecule has 4 atom stereocenters. The van der Waals surface area contributed by atoms with Crippen molar-refractivity contribution in [2.75, 3.05) is 18.2 Å². The van der Waals surface area contributed by atoms with Gasteiger partial charge in [0.1, 0.15) is 6.54 Å². The van der Waals surface area contributed by atoms with Crippen molar-refractivity contribution in [2.45, 2.75) is 65.4 Å². The zero-order valence-electron chi connectivity index (χ0n) is 18.4. The molecule has 29 heavy (non-hydrogen) atoms. The van der Waals surface area contributed by atoms with Gasteiger partial charge < -0.3 is 10.1 Å². The summed E-state index contributed by atoms with van der Waals surface area (Å²) in [6.07, 6.45) is 3.16. The van der Waals surface area contributed by atoms with Crippen LogP contribution in [0.3, 0.4) is 0 Å². The number of esters is 1. The number of sulfone groups is 1. The maximum atomic E-state index is 12.8. The number of ether oxygens (including phenoxy) is 1. The molecule has 1 heterocycles. The van der Waals surface area contributed by atoms with Crippen LogP contribution in [0, 0.1) is 23.2 Å². The van der Waals surface area contributed by atoms with E-state index in [-0.39, 0.29) is 34.6 Å². The highest BCUT2D eigenvalue weighted by atomic mass is 32.2. The molecule has 8 nitrogen and oxygen atoms in total. The molecular formula is C20H33N3O5S. The maximum Gasteiger partial charge on any atom is 0.327 e. The fourth-order valence-corrected chi connectivity index (χ4v) is 5.07. The van der Waals surface area contributed by atoms with Crippen LogP contribution >= 0.6 is 0 Å². The first-order valence-corrected chi connectivity index (χ1v) is 11.9. The third-order valence-corrected chi connectivity index (χ3v) is 7.91. The lowest BCUT2D eigenvalue weighted by Gasteiger charge is -2.50. The first kappa shape index (κ1) is 23.4. The van der Waals surface area contributed by atoms with Crippen molar-refractivity contribution in [1.29, 1.82) is 0 Å². The summed E-state index contributed by atoms with van der Waals surface area (Å²) in [6.45, 7) is 12.5. The second-order valence-electron chi connectivity index (χ2n) is 8.78. The van der Waals surface area contributed by atoms with Gasteiger partial charge in [0.2, 0.25) is 0 Å². The van der Waals surface area contributed by atoms with Crippen molar-refractivity contribution in [2.24, 2.45) is 23.2 Å². The quantitative estimate of drug-likeness (QED) is 0.694. The van der Waals surface area contributed by atoms with Gasteiger partial charge in [0.15, 0.2) is 14.7 Å². The van der Waals surface area contributed by atoms with Crippen molar-refractivity contribution in [3.8, 4) is 0 Å². The van der Waals surface area contributed by atoms with Gasteiger partial charge in [-0.2, -0.15) is 5.10 Å². The van der Waals surface area contributed by atoms with Crippen molar-refractivity contribution in [3.05, 3.63) is 16.6 Å². The normalized spacial score (nSPS) is 26.7. The van der Waals surface area contributed by atoms with E-state index in [2.05, 4.69) is 45.0 Å². The molecule has 1 saturated carbocycles. The molecule has 2 rings (SSSR count). The number of rotatable bonds is 6. The molecule has 0 radical (unpaired) electrons. The van der Waals surface area contributed by atoms with Gasteiger partial charge in [0, 0.05) is 12.3 Å². The molecule has 0 saturated heterocycles. The van der Waals surface area contributed by atoms with Gasteiger partial charge in [-0.05, 0) is 36.5 Å². The van der Waals surface area contributed by atoms with E-state index >= 15 is 0 Å². The lowest BCUT2D eigenvalue weighted by Crippen LogP contribution is -2.48. The topological polar surface area (TPSA) is 107 Å². The Kier molecular flexibility index (Phi) is 6.82. The number of hydrogen-bond donors (Lipinski definition) is 1. The summed E-state index contributed by atoms with van der Waals surface area (Å²) in [5.74, 6) is 0.455. The van der Waals surface area contributed by atoms with E-state index in [1.807, 2.05) is 0 Å². The van der Waals surface area contributed by atoms with Crippen LogP contribution in [0.5, 0.6) is 0 Å². The maximum absolute atomic E-state index is 12.8. The molecule has 1 N–H and O–H groups in total. The predicted octanol–water partition coefficient (Wildman–Crippen LogP) is 2.33. The molecule has 0 amide bonds. The smallest absolute Gasteiger partial charge is 0.327 e. The Morgan fingerprint density at radius 2 is 1.97 bits per heavy atom. The number of hydrogen-bond acceptors (Lipinski definition) is 7. The van der Waals surface area contributed by atoms with E-state index in [1.165, 1.54) is 6.20 Å². The lowest BCUT2D eigenvalue weighted by molar-refractivity contribution is -0.144. The largest absolute Gasteiger partial charge is 0.465 e. The van der Waals surface area contributed by atoms with Crippen LogP contribution in [-0.2, 0) is 25.9 Å². The van der Waals surface area contributed by atoms with Crippen LogP contribution in [0.4, 0.5) is 5.69 Å². The molecular weight excluding hydrogens is 394 g/mol. The van der Waals surface area contributed by atoms with E-state index in [1.54, 1.807) is 6.92 Å². The average molecular weight is 428 g/mol. The van der Waals surface area contributed by atoms with E-state index in [9.17, 15) is 18.0 Å². The summed E-state index contributed by atoms with van der Waals surface area (Å²) in [5, 5.41) is 7.29. The van der Waals surface area contributed by atoms with Crippen LogP contribution in [0.2, 0.25) is 0 Å². The highest BCUT2D eigenvalue weighted by Crippen LogP contribution is 2.48. The standard InChI is InChI=1S/C20H33N3O5S/c1-8-28-17(24)11-23-19(25)18(29(7,26)27)16(10-21-23)22-15-9-12(2)20(5,6)14(4)13(15)3/h10,12-15,22H,8-9,11H2,1-7H3/t12-,13+,14+,15+/m0/s1. The SMILES string of the molecule is CCOC(=O)Cn1ncc(N[C@@H]2C[C@H](C)C(C)(C)[C@H](C)[C@H]2C)c(S(C)(=O)=O)c1=O. The Morgan fingerprint density at radius 3 is 2.52 bits per heavy atom. The highest BCUT2D eigenvalue weighted by molar-refractivity contribution is 7.90. The van der Waals surface area contributed by atoms with Gasteiger partial charge >= 0.3 is 5.97 Å². The zero-order valence-corrected chi connectivity index (χ0v) is 19.2. The number of nitrogens with one attached hydrogen (secondary N) is 1. The molecule has 0 aliphatic heterocycles. The Hall–Kier alpha value is -1.90. The molecule has 1 aliphatic carbocycles. The molecule has 0 spiro atoms. The highest BCUT2D eigenvalue weighted by Gasteiger charge is 2.44. The van der Waals surface area contributed by atoms with Crippen molar-refractivity contribution in [1.82, 2.24) is 9.78 Å². The average Bonchev–Trinajstić information content (AvgIpc) is 2.60. The first-order chi connectivity index (χ1) is 13.3.